The van der Waals surface area contributed by atoms with Crippen molar-refractivity contribution in [1.82, 2.24) is 5.32 Å². The Morgan fingerprint density at radius 1 is 1.39 bits per heavy atom. The first-order valence-corrected chi connectivity index (χ1v) is 7.77. The molecular formula is C15H22N2S. The normalized spacial score (nSPS) is 20.6. The molecule has 1 aromatic carbocycles. The van der Waals surface area contributed by atoms with Gasteiger partial charge in [-0.3, -0.25) is 4.99 Å². The van der Waals surface area contributed by atoms with Crippen LogP contribution in [-0.2, 0) is 6.42 Å². The number of thioether (sulfide) groups is 1. The summed E-state index contributed by atoms with van der Waals surface area (Å²) < 4.78 is 0. The zero-order valence-electron chi connectivity index (χ0n) is 11.2. The quantitative estimate of drug-likeness (QED) is 0.878. The third-order valence-electron chi connectivity index (χ3n) is 3.26. The van der Waals surface area contributed by atoms with E-state index in [4.69, 9.17) is 0 Å². The summed E-state index contributed by atoms with van der Waals surface area (Å²) in [6, 6.07) is 11.7. The van der Waals surface area contributed by atoms with Gasteiger partial charge >= 0.3 is 0 Å². The number of hydrogen-bond donors (Lipinski definition) is 1. The lowest BCUT2D eigenvalue weighted by Gasteiger charge is -2.14. The first kappa shape index (κ1) is 13.5. The molecule has 1 aromatic rings. The second-order valence-electron chi connectivity index (χ2n) is 4.88. The van der Waals surface area contributed by atoms with Gasteiger partial charge in [-0.1, -0.05) is 49.0 Å². The molecule has 18 heavy (non-hydrogen) atoms. The van der Waals surface area contributed by atoms with E-state index in [9.17, 15) is 0 Å². The van der Waals surface area contributed by atoms with Gasteiger partial charge in [-0.25, -0.2) is 0 Å². The highest BCUT2D eigenvalue weighted by atomic mass is 32.2. The van der Waals surface area contributed by atoms with Gasteiger partial charge in [0.1, 0.15) is 0 Å². The Morgan fingerprint density at radius 3 is 2.83 bits per heavy atom. The molecule has 2 atom stereocenters. The number of aryl methyl sites for hydroxylation is 1. The predicted molar refractivity (Wildman–Crippen MR) is 81.3 cm³/mol. The average molecular weight is 262 g/mol. The van der Waals surface area contributed by atoms with Crippen molar-refractivity contribution in [3.05, 3.63) is 35.9 Å². The van der Waals surface area contributed by atoms with Crippen molar-refractivity contribution in [2.24, 2.45) is 4.99 Å². The monoisotopic (exact) mass is 262 g/mol. The molecule has 0 saturated heterocycles. The van der Waals surface area contributed by atoms with Crippen LogP contribution in [0, 0.1) is 0 Å². The van der Waals surface area contributed by atoms with E-state index < -0.39 is 0 Å². The third-order valence-corrected chi connectivity index (χ3v) is 4.31. The molecule has 0 aliphatic carbocycles. The topological polar surface area (TPSA) is 24.4 Å². The van der Waals surface area contributed by atoms with Gasteiger partial charge in [-0.05, 0) is 31.7 Å². The maximum absolute atomic E-state index is 4.67. The summed E-state index contributed by atoms with van der Waals surface area (Å²) in [6.07, 6.45) is 3.43. The fourth-order valence-electron chi connectivity index (χ4n) is 2.01. The number of amidine groups is 1. The van der Waals surface area contributed by atoms with E-state index in [1.54, 1.807) is 0 Å². The molecule has 0 saturated carbocycles. The molecule has 1 N–H and O–H groups in total. The maximum Gasteiger partial charge on any atom is 0.157 e. The van der Waals surface area contributed by atoms with Crippen LogP contribution in [0.5, 0.6) is 0 Å². The molecule has 1 aliphatic rings. The van der Waals surface area contributed by atoms with Crippen LogP contribution in [0.1, 0.15) is 32.3 Å². The van der Waals surface area contributed by atoms with Crippen LogP contribution >= 0.6 is 11.8 Å². The number of nitrogens with zero attached hydrogens (tertiary/aromatic N) is 1. The highest BCUT2D eigenvalue weighted by molar-refractivity contribution is 8.14. The smallest absolute Gasteiger partial charge is 0.157 e. The predicted octanol–water partition coefficient (Wildman–Crippen LogP) is 3.48. The standard InChI is InChI=1S/C15H22N2S/c1-3-14-11-18-15(17-14)16-12(2)9-10-13-7-5-4-6-8-13/h4-8,12,14H,3,9-11H2,1-2H3,(H,16,17). The van der Waals surface area contributed by atoms with Crippen LogP contribution in [0.4, 0.5) is 0 Å². The van der Waals surface area contributed by atoms with Crippen LogP contribution in [-0.4, -0.2) is 23.0 Å². The van der Waals surface area contributed by atoms with E-state index in [1.165, 1.54) is 5.56 Å². The Hall–Kier alpha value is -0.960. The van der Waals surface area contributed by atoms with Crippen molar-refractivity contribution in [1.29, 1.82) is 0 Å². The summed E-state index contributed by atoms with van der Waals surface area (Å²) in [4.78, 5) is 4.67. The van der Waals surface area contributed by atoms with E-state index in [1.807, 2.05) is 11.8 Å². The van der Waals surface area contributed by atoms with Gasteiger partial charge < -0.3 is 5.32 Å². The summed E-state index contributed by atoms with van der Waals surface area (Å²) in [5.41, 5.74) is 1.42. The lowest BCUT2D eigenvalue weighted by molar-refractivity contribution is 0.607. The molecule has 0 aromatic heterocycles. The van der Waals surface area contributed by atoms with Crippen LogP contribution in [0.25, 0.3) is 0 Å². The van der Waals surface area contributed by atoms with Gasteiger partial charge in [-0.15, -0.1) is 0 Å². The average Bonchev–Trinajstić information content (AvgIpc) is 2.85. The molecule has 98 valence electrons. The Labute approximate surface area is 114 Å². The number of nitrogens with one attached hydrogen (secondary N) is 1. The van der Waals surface area contributed by atoms with Gasteiger partial charge in [0, 0.05) is 11.8 Å². The van der Waals surface area contributed by atoms with Gasteiger partial charge in [0.05, 0.1) is 6.04 Å². The molecule has 0 amide bonds. The molecule has 1 heterocycles. The summed E-state index contributed by atoms with van der Waals surface area (Å²) in [6.45, 7) is 4.45. The van der Waals surface area contributed by atoms with Crippen LogP contribution in [0.2, 0.25) is 0 Å². The van der Waals surface area contributed by atoms with Crippen molar-refractivity contribution < 1.29 is 0 Å². The van der Waals surface area contributed by atoms with Crippen molar-refractivity contribution in [3.63, 3.8) is 0 Å². The number of rotatable bonds is 5. The fourth-order valence-corrected chi connectivity index (χ4v) is 3.18. The Kier molecular flexibility index (Phi) is 5.12. The van der Waals surface area contributed by atoms with Crippen molar-refractivity contribution >= 4 is 16.9 Å². The van der Waals surface area contributed by atoms with Gasteiger partial charge in [0.25, 0.3) is 0 Å². The summed E-state index contributed by atoms with van der Waals surface area (Å²) >= 11 is 1.86. The van der Waals surface area contributed by atoms with Crippen molar-refractivity contribution in [3.8, 4) is 0 Å². The third kappa shape index (κ3) is 4.05. The molecule has 3 heteroatoms. The second kappa shape index (κ2) is 6.83. The first-order chi connectivity index (χ1) is 8.78. The van der Waals surface area contributed by atoms with Crippen LogP contribution in [0.3, 0.4) is 0 Å². The number of aliphatic imine (C=N–C) groups is 1. The lowest BCUT2D eigenvalue weighted by atomic mass is 10.1. The molecule has 0 spiro atoms. The zero-order valence-corrected chi connectivity index (χ0v) is 12.0. The summed E-state index contributed by atoms with van der Waals surface area (Å²) in [5, 5.41) is 4.67. The fraction of sp³-hybridized carbons (Fsp3) is 0.533. The zero-order chi connectivity index (χ0) is 12.8. The molecule has 2 unspecified atom stereocenters. The molecule has 1 aliphatic heterocycles. The minimum Gasteiger partial charge on any atom is -0.362 e. The van der Waals surface area contributed by atoms with Crippen molar-refractivity contribution in [2.45, 2.75) is 45.2 Å². The molecule has 0 fully saturated rings. The second-order valence-corrected chi connectivity index (χ2v) is 5.89. The van der Waals surface area contributed by atoms with E-state index in [0.29, 0.717) is 12.1 Å². The SMILES string of the molecule is CCC1CSC(NC(C)CCc2ccccc2)=N1. The summed E-state index contributed by atoms with van der Waals surface area (Å²) in [7, 11) is 0. The van der Waals surface area contributed by atoms with Crippen molar-refractivity contribution in [2.75, 3.05) is 5.75 Å². The van der Waals surface area contributed by atoms with Gasteiger partial charge in [-0.2, -0.15) is 0 Å². The Bertz CT molecular complexity index is 389. The van der Waals surface area contributed by atoms with E-state index in [2.05, 4.69) is 54.5 Å². The van der Waals surface area contributed by atoms with Gasteiger partial charge in [0.2, 0.25) is 0 Å². The summed E-state index contributed by atoms with van der Waals surface area (Å²) in [5.74, 6) is 1.14. The molecule has 2 rings (SSSR count). The minimum atomic E-state index is 0.493. The molecule has 0 bridgehead atoms. The minimum absolute atomic E-state index is 0.493. The highest BCUT2D eigenvalue weighted by Gasteiger charge is 2.17. The van der Waals surface area contributed by atoms with Crippen LogP contribution < -0.4 is 5.32 Å². The lowest BCUT2D eigenvalue weighted by Crippen LogP contribution is -2.30. The largest absolute Gasteiger partial charge is 0.362 e. The Morgan fingerprint density at radius 2 is 2.17 bits per heavy atom. The highest BCUT2D eigenvalue weighted by Crippen LogP contribution is 2.19. The van der Waals surface area contributed by atoms with E-state index in [0.717, 1.165) is 30.2 Å². The maximum atomic E-state index is 4.67. The Balaban J connectivity index is 1.74. The number of hydrogen-bond acceptors (Lipinski definition) is 3. The first-order valence-electron chi connectivity index (χ1n) is 6.79. The molecule has 0 radical (unpaired) electrons. The molecular weight excluding hydrogens is 240 g/mol. The van der Waals surface area contributed by atoms with E-state index in [-0.39, 0.29) is 0 Å². The molecule has 2 nitrogen and oxygen atoms in total. The number of benzene rings is 1. The van der Waals surface area contributed by atoms with Crippen LogP contribution in [0.15, 0.2) is 35.3 Å². The van der Waals surface area contributed by atoms with Gasteiger partial charge in [0.15, 0.2) is 5.17 Å². The van der Waals surface area contributed by atoms with E-state index >= 15 is 0 Å².